The summed E-state index contributed by atoms with van der Waals surface area (Å²) >= 11 is 0. The molecule has 4 rings (SSSR count). The third-order valence-corrected chi connectivity index (χ3v) is 6.78. The van der Waals surface area contributed by atoms with Crippen LogP contribution in [-0.4, -0.2) is 44.1 Å². The maximum atomic E-state index is 12.1. The van der Waals surface area contributed by atoms with E-state index in [-0.39, 0.29) is 5.91 Å². The maximum Gasteiger partial charge on any atom is 0.244 e. The number of rotatable bonds is 7. The van der Waals surface area contributed by atoms with Gasteiger partial charge in [-0.25, -0.2) is 0 Å². The summed E-state index contributed by atoms with van der Waals surface area (Å²) in [6.07, 6.45) is 9.45. The zero-order valence-electron chi connectivity index (χ0n) is 17.9. The van der Waals surface area contributed by atoms with Crippen molar-refractivity contribution in [2.45, 2.75) is 37.5 Å². The lowest BCUT2D eigenvalue weighted by molar-refractivity contribution is -0.116. The standard InChI is InChI=1S/C26H32N2O2/c1-30-24-10-5-3-8-22(24)11-12-25(29)27-17-6-18-28-19-15-26(16-20-28)14-13-21-7-2-4-9-23(21)26/h2-5,7-12H,6,13-20H2,1H3,(H,27,29)/b12-11-. The number of piperidine rings is 1. The predicted molar refractivity (Wildman–Crippen MR) is 122 cm³/mol. The highest BCUT2D eigenvalue weighted by Gasteiger charge is 2.40. The first-order valence-corrected chi connectivity index (χ1v) is 11.1. The quantitative estimate of drug-likeness (QED) is 0.556. The number of methoxy groups -OCH3 is 1. The Labute approximate surface area is 179 Å². The number of fused-ring (bicyclic) bond motifs is 2. The largest absolute Gasteiger partial charge is 0.496 e. The zero-order valence-corrected chi connectivity index (χ0v) is 17.9. The van der Waals surface area contributed by atoms with Crippen LogP contribution in [0, 0.1) is 0 Å². The van der Waals surface area contributed by atoms with Crippen LogP contribution in [0.1, 0.15) is 42.4 Å². The molecule has 0 radical (unpaired) electrons. The molecule has 2 aliphatic rings. The number of hydrogen-bond acceptors (Lipinski definition) is 3. The van der Waals surface area contributed by atoms with Crippen molar-refractivity contribution in [1.82, 2.24) is 10.2 Å². The number of hydrogen-bond donors (Lipinski definition) is 1. The molecule has 4 heteroatoms. The summed E-state index contributed by atoms with van der Waals surface area (Å²) in [4.78, 5) is 14.7. The lowest BCUT2D eigenvalue weighted by atomic mass is 9.74. The van der Waals surface area contributed by atoms with E-state index in [0.717, 1.165) is 37.4 Å². The van der Waals surface area contributed by atoms with Gasteiger partial charge in [0.05, 0.1) is 7.11 Å². The van der Waals surface area contributed by atoms with Crippen molar-refractivity contribution in [3.8, 4) is 5.75 Å². The summed E-state index contributed by atoms with van der Waals surface area (Å²) in [7, 11) is 1.64. The van der Waals surface area contributed by atoms with Crippen LogP contribution in [0.2, 0.25) is 0 Å². The van der Waals surface area contributed by atoms with Gasteiger partial charge < -0.3 is 15.0 Å². The van der Waals surface area contributed by atoms with Gasteiger partial charge >= 0.3 is 0 Å². The second kappa shape index (κ2) is 9.48. The van der Waals surface area contributed by atoms with Crippen molar-refractivity contribution in [2.75, 3.05) is 33.3 Å². The Hall–Kier alpha value is -2.59. The molecular weight excluding hydrogens is 372 g/mol. The van der Waals surface area contributed by atoms with Gasteiger partial charge in [-0.15, -0.1) is 0 Å². The summed E-state index contributed by atoms with van der Waals surface area (Å²) in [5.41, 5.74) is 4.50. The highest BCUT2D eigenvalue weighted by atomic mass is 16.5. The van der Waals surface area contributed by atoms with Crippen LogP contribution >= 0.6 is 0 Å². The van der Waals surface area contributed by atoms with Crippen LogP contribution in [0.5, 0.6) is 5.75 Å². The molecule has 1 amide bonds. The summed E-state index contributed by atoms with van der Waals surface area (Å²) in [5.74, 6) is 0.718. The van der Waals surface area contributed by atoms with Crippen molar-refractivity contribution in [1.29, 1.82) is 0 Å². The Balaban J connectivity index is 1.17. The molecule has 1 saturated heterocycles. The monoisotopic (exact) mass is 404 g/mol. The molecule has 0 bridgehead atoms. The number of ether oxygens (including phenoxy) is 1. The van der Waals surface area contributed by atoms with Gasteiger partial charge in [-0.2, -0.15) is 0 Å². The van der Waals surface area contributed by atoms with E-state index in [1.54, 1.807) is 30.4 Å². The fraction of sp³-hybridized carbons (Fsp3) is 0.423. The van der Waals surface area contributed by atoms with E-state index in [1.165, 1.54) is 25.7 Å². The van der Waals surface area contributed by atoms with E-state index in [4.69, 9.17) is 4.74 Å². The van der Waals surface area contributed by atoms with Gasteiger partial charge in [0.25, 0.3) is 0 Å². The van der Waals surface area contributed by atoms with Crippen LogP contribution in [0.4, 0.5) is 0 Å². The van der Waals surface area contributed by atoms with Crippen LogP contribution in [0.25, 0.3) is 6.08 Å². The lowest BCUT2D eigenvalue weighted by Gasteiger charge is -2.40. The lowest BCUT2D eigenvalue weighted by Crippen LogP contribution is -2.42. The second-order valence-electron chi connectivity index (χ2n) is 8.50. The van der Waals surface area contributed by atoms with Gasteiger partial charge in [-0.3, -0.25) is 4.79 Å². The number of nitrogens with zero attached hydrogens (tertiary/aromatic N) is 1. The number of benzene rings is 2. The molecule has 0 aromatic heterocycles. The summed E-state index contributed by atoms with van der Waals surface area (Å²) in [5, 5.41) is 3.00. The van der Waals surface area contributed by atoms with Crippen LogP contribution in [0.15, 0.2) is 54.6 Å². The second-order valence-corrected chi connectivity index (χ2v) is 8.50. The molecule has 1 aliphatic carbocycles. The summed E-state index contributed by atoms with van der Waals surface area (Å²) < 4.78 is 5.31. The fourth-order valence-electron chi connectivity index (χ4n) is 5.03. The van der Waals surface area contributed by atoms with Gasteiger partial charge in [0.2, 0.25) is 5.91 Å². The number of likely N-dealkylation sites (tertiary alicyclic amines) is 1. The van der Waals surface area contributed by atoms with Gasteiger partial charge in [0, 0.05) is 18.2 Å². The van der Waals surface area contributed by atoms with E-state index in [2.05, 4.69) is 34.5 Å². The number of carbonyl (C=O) groups is 1. The highest BCUT2D eigenvalue weighted by Crippen LogP contribution is 2.46. The number of para-hydroxylation sites is 1. The van der Waals surface area contributed by atoms with Gasteiger partial charge in [0.1, 0.15) is 5.75 Å². The number of nitrogens with one attached hydrogen (secondary N) is 1. The number of aryl methyl sites for hydroxylation is 1. The molecule has 30 heavy (non-hydrogen) atoms. The highest BCUT2D eigenvalue weighted by molar-refractivity contribution is 5.92. The summed E-state index contributed by atoms with van der Waals surface area (Å²) in [6.45, 7) is 4.08. The smallest absolute Gasteiger partial charge is 0.244 e. The Bertz CT molecular complexity index is 897. The van der Waals surface area contributed by atoms with Crippen molar-refractivity contribution in [3.05, 3.63) is 71.3 Å². The van der Waals surface area contributed by atoms with E-state index < -0.39 is 0 Å². The Kier molecular flexibility index (Phi) is 6.53. The van der Waals surface area contributed by atoms with E-state index in [0.29, 0.717) is 12.0 Å². The van der Waals surface area contributed by atoms with E-state index >= 15 is 0 Å². The third kappa shape index (κ3) is 4.59. The fourth-order valence-corrected chi connectivity index (χ4v) is 5.03. The van der Waals surface area contributed by atoms with Crippen LogP contribution < -0.4 is 10.1 Å². The molecule has 1 fully saturated rings. The number of carbonyl (C=O) groups excluding carboxylic acids is 1. The molecule has 0 unspecified atom stereocenters. The molecule has 158 valence electrons. The van der Waals surface area contributed by atoms with Crippen molar-refractivity contribution in [3.63, 3.8) is 0 Å². The Morgan fingerprint density at radius 1 is 1.10 bits per heavy atom. The molecule has 2 aromatic carbocycles. The SMILES string of the molecule is COc1ccccc1/C=C\C(=O)NCCCN1CCC2(CCc3ccccc32)CC1. The van der Waals surface area contributed by atoms with Crippen LogP contribution in [-0.2, 0) is 16.6 Å². The molecule has 1 N–H and O–H groups in total. The predicted octanol–water partition coefficient (Wildman–Crippen LogP) is 4.19. The van der Waals surface area contributed by atoms with Crippen molar-refractivity contribution >= 4 is 12.0 Å². The molecular formula is C26H32N2O2. The molecule has 1 heterocycles. The van der Waals surface area contributed by atoms with Crippen molar-refractivity contribution < 1.29 is 9.53 Å². The average molecular weight is 405 g/mol. The Morgan fingerprint density at radius 3 is 2.70 bits per heavy atom. The minimum atomic E-state index is -0.0546. The molecule has 1 spiro atoms. The van der Waals surface area contributed by atoms with E-state index in [1.807, 2.05) is 24.3 Å². The first-order valence-electron chi connectivity index (χ1n) is 11.1. The minimum Gasteiger partial charge on any atom is -0.496 e. The maximum absolute atomic E-state index is 12.1. The van der Waals surface area contributed by atoms with Crippen LogP contribution in [0.3, 0.4) is 0 Å². The third-order valence-electron chi connectivity index (χ3n) is 6.78. The first kappa shape index (κ1) is 20.7. The van der Waals surface area contributed by atoms with Gasteiger partial charge in [-0.05, 0) is 80.4 Å². The van der Waals surface area contributed by atoms with Gasteiger partial charge in [-0.1, -0.05) is 42.5 Å². The van der Waals surface area contributed by atoms with Crippen molar-refractivity contribution in [2.24, 2.45) is 0 Å². The minimum absolute atomic E-state index is 0.0546. The normalized spacial score (nSPS) is 17.9. The zero-order chi connectivity index (χ0) is 20.8. The molecule has 0 saturated carbocycles. The molecule has 2 aromatic rings. The molecule has 4 nitrogen and oxygen atoms in total. The molecule has 1 aliphatic heterocycles. The van der Waals surface area contributed by atoms with Gasteiger partial charge in [0.15, 0.2) is 0 Å². The summed E-state index contributed by atoms with van der Waals surface area (Å²) in [6, 6.07) is 16.7. The number of amides is 1. The molecule has 0 atom stereocenters. The Morgan fingerprint density at radius 2 is 1.87 bits per heavy atom. The topological polar surface area (TPSA) is 41.6 Å². The van der Waals surface area contributed by atoms with E-state index in [9.17, 15) is 4.79 Å². The first-order chi connectivity index (χ1) is 14.7. The average Bonchev–Trinajstić information content (AvgIpc) is 3.15.